The Morgan fingerprint density at radius 1 is 0.943 bits per heavy atom. The lowest BCUT2D eigenvalue weighted by Gasteiger charge is -2.35. The van der Waals surface area contributed by atoms with Gasteiger partial charge in [-0.05, 0) is 68.1 Å². The molecule has 12 heteroatoms. The molecule has 2 aromatic rings. The van der Waals surface area contributed by atoms with E-state index >= 15 is 0 Å². The topological polar surface area (TPSA) is 95.1 Å². The number of piperidine rings is 1. The second-order valence-corrected chi connectivity index (χ2v) is 13.3. The van der Waals surface area contributed by atoms with Crippen LogP contribution in [0, 0.1) is 5.82 Å². The van der Waals surface area contributed by atoms with E-state index in [9.17, 15) is 26.0 Å². The third-order valence-corrected chi connectivity index (χ3v) is 10.8. The summed E-state index contributed by atoms with van der Waals surface area (Å²) in [7, 11) is -5.80. The summed E-state index contributed by atoms with van der Waals surface area (Å²) in [5.41, 5.74) is 0.592. The van der Waals surface area contributed by atoms with E-state index in [4.69, 9.17) is 11.6 Å². The maximum atomic E-state index is 14.3. The number of halogens is 2. The molecule has 1 atom stereocenters. The van der Waals surface area contributed by atoms with E-state index in [1.807, 2.05) is 4.90 Å². The van der Waals surface area contributed by atoms with Gasteiger partial charge in [0.25, 0.3) is 15.9 Å². The van der Waals surface area contributed by atoms with Crippen molar-refractivity contribution in [1.29, 1.82) is 0 Å². The lowest BCUT2D eigenvalue weighted by atomic mass is 9.88. The minimum atomic E-state index is -4.38. The third kappa shape index (κ3) is 4.84. The molecule has 0 N–H and O–H groups in total. The molecule has 2 heterocycles. The summed E-state index contributed by atoms with van der Waals surface area (Å²) in [6.07, 6.45) is 1.55. The monoisotopic (exact) mass is 543 g/mol. The van der Waals surface area contributed by atoms with Crippen LogP contribution in [0.1, 0.15) is 30.7 Å². The molecule has 0 aliphatic carbocycles. The van der Waals surface area contributed by atoms with Crippen LogP contribution in [0.5, 0.6) is 0 Å². The van der Waals surface area contributed by atoms with Gasteiger partial charge in [0.1, 0.15) is 15.6 Å². The van der Waals surface area contributed by atoms with Crippen molar-refractivity contribution in [2.75, 3.05) is 33.7 Å². The molecule has 8 nitrogen and oxygen atoms in total. The summed E-state index contributed by atoms with van der Waals surface area (Å²) in [5.74, 6) is -0.933. The molecule has 0 bridgehead atoms. The Morgan fingerprint density at radius 3 is 2.17 bits per heavy atom. The highest BCUT2D eigenvalue weighted by Crippen LogP contribution is 2.35. The molecule has 190 valence electrons. The van der Waals surface area contributed by atoms with Gasteiger partial charge < -0.3 is 0 Å². The first kappa shape index (κ1) is 26.0. The molecule has 2 aliphatic heterocycles. The number of carbonyl (C=O) groups is 1. The van der Waals surface area contributed by atoms with Gasteiger partial charge >= 0.3 is 0 Å². The highest BCUT2D eigenvalue weighted by Gasteiger charge is 2.44. The number of amides is 1. The van der Waals surface area contributed by atoms with E-state index in [0.717, 1.165) is 8.61 Å². The van der Waals surface area contributed by atoms with Gasteiger partial charge in [-0.25, -0.2) is 29.8 Å². The van der Waals surface area contributed by atoms with Crippen molar-refractivity contribution >= 4 is 37.6 Å². The summed E-state index contributed by atoms with van der Waals surface area (Å²) in [5, 5.41) is 0.335. The number of sulfonamides is 2. The van der Waals surface area contributed by atoms with E-state index in [1.165, 1.54) is 44.4 Å². The first-order valence-electron chi connectivity index (χ1n) is 11.2. The van der Waals surface area contributed by atoms with Gasteiger partial charge in [-0.15, -0.1) is 0 Å². The predicted molar refractivity (Wildman–Crippen MR) is 130 cm³/mol. The van der Waals surface area contributed by atoms with Crippen LogP contribution in [0.2, 0.25) is 5.02 Å². The zero-order valence-electron chi connectivity index (χ0n) is 19.4. The molecule has 4 rings (SSSR count). The molecule has 0 spiro atoms. The van der Waals surface area contributed by atoms with Gasteiger partial charge in [-0.1, -0.05) is 29.8 Å². The van der Waals surface area contributed by atoms with E-state index < -0.39 is 36.9 Å². The van der Waals surface area contributed by atoms with Crippen LogP contribution in [0.25, 0.3) is 0 Å². The van der Waals surface area contributed by atoms with Gasteiger partial charge in [0.05, 0.1) is 6.04 Å². The van der Waals surface area contributed by atoms with E-state index in [1.54, 1.807) is 12.1 Å². The first-order valence-corrected chi connectivity index (χ1v) is 14.5. The number of benzene rings is 2. The maximum absolute atomic E-state index is 14.3. The van der Waals surface area contributed by atoms with Crippen LogP contribution in [0.3, 0.4) is 0 Å². The fraction of sp³-hybridized carbons (Fsp3) is 0.435. The lowest BCUT2D eigenvalue weighted by molar-refractivity contribution is -0.128. The maximum Gasteiger partial charge on any atom is 0.267 e. The largest absolute Gasteiger partial charge is 0.292 e. The zero-order valence-corrected chi connectivity index (χ0v) is 21.8. The number of hydrogen-bond donors (Lipinski definition) is 0. The van der Waals surface area contributed by atoms with E-state index in [0.29, 0.717) is 42.9 Å². The summed E-state index contributed by atoms with van der Waals surface area (Å²) < 4.78 is 68.3. The zero-order chi connectivity index (χ0) is 25.5. The smallest absolute Gasteiger partial charge is 0.267 e. The number of hydrogen-bond acceptors (Lipinski definition) is 6. The average molecular weight is 544 g/mol. The van der Waals surface area contributed by atoms with Crippen molar-refractivity contribution in [2.45, 2.75) is 41.0 Å². The van der Waals surface area contributed by atoms with Crippen LogP contribution in [-0.2, 0) is 24.8 Å². The Hall–Kier alpha value is -2.05. The number of carbonyl (C=O) groups excluding carboxylic acids is 1. The van der Waals surface area contributed by atoms with Crippen molar-refractivity contribution < 1.29 is 26.0 Å². The number of likely N-dealkylation sites (tertiary alicyclic amines) is 1. The van der Waals surface area contributed by atoms with Crippen molar-refractivity contribution in [1.82, 2.24) is 13.5 Å². The minimum absolute atomic E-state index is 0.0111. The molecule has 0 aromatic heterocycles. The van der Waals surface area contributed by atoms with Gasteiger partial charge in [0.15, 0.2) is 0 Å². The SMILES string of the molecule is CN(C)S(=O)(=O)c1ccccc1S(=O)(=O)N1CCC(N2CCC(c3ccc(Cl)cc3F)CC2)C1=O. The summed E-state index contributed by atoms with van der Waals surface area (Å²) in [6.45, 7) is 0.999. The van der Waals surface area contributed by atoms with Crippen LogP contribution >= 0.6 is 11.6 Å². The normalized spacial score (nSPS) is 20.7. The van der Waals surface area contributed by atoms with Crippen LogP contribution in [0.4, 0.5) is 4.39 Å². The Kier molecular flexibility index (Phi) is 7.27. The van der Waals surface area contributed by atoms with Gasteiger partial charge in [-0.2, -0.15) is 0 Å². The molecule has 1 amide bonds. The molecule has 0 saturated carbocycles. The fourth-order valence-corrected chi connectivity index (χ4v) is 8.03. The summed E-state index contributed by atoms with van der Waals surface area (Å²) in [4.78, 5) is 14.4. The highest BCUT2D eigenvalue weighted by molar-refractivity contribution is 7.92. The first-order chi connectivity index (χ1) is 16.4. The van der Waals surface area contributed by atoms with Gasteiger partial charge in [-0.3, -0.25) is 9.69 Å². The summed E-state index contributed by atoms with van der Waals surface area (Å²) in [6, 6.07) is 9.31. The van der Waals surface area contributed by atoms with Gasteiger partial charge in [0, 0.05) is 25.7 Å². The molecule has 2 aromatic carbocycles. The van der Waals surface area contributed by atoms with Gasteiger partial charge in [0.2, 0.25) is 10.0 Å². The second-order valence-electron chi connectivity index (χ2n) is 8.93. The Labute approximate surface area is 210 Å². The highest BCUT2D eigenvalue weighted by atomic mass is 35.5. The quantitative estimate of drug-likeness (QED) is 0.556. The van der Waals surface area contributed by atoms with Crippen LogP contribution in [-0.4, -0.2) is 76.0 Å². The molecule has 1 unspecified atom stereocenters. The predicted octanol–water partition coefficient (Wildman–Crippen LogP) is 2.90. The average Bonchev–Trinajstić information content (AvgIpc) is 3.21. The lowest BCUT2D eigenvalue weighted by Crippen LogP contribution is -2.46. The van der Waals surface area contributed by atoms with Crippen LogP contribution < -0.4 is 0 Å². The molecule has 2 aliphatic rings. The Morgan fingerprint density at radius 2 is 1.57 bits per heavy atom. The standard InChI is InChI=1S/C23H27ClFN3O5S2/c1-26(2)34(30,31)21-5-3-4-6-22(21)35(32,33)28-14-11-20(23(28)29)27-12-9-16(10-13-27)18-8-7-17(24)15-19(18)25/h3-8,15-16,20H,9-14H2,1-2H3. The number of rotatable bonds is 6. The van der Waals surface area contributed by atoms with Crippen molar-refractivity contribution in [3.63, 3.8) is 0 Å². The Balaban J connectivity index is 1.51. The molecule has 2 saturated heterocycles. The minimum Gasteiger partial charge on any atom is -0.292 e. The third-order valence-electron chi connectivity index (χ3n) is 6.68. The number of nitrogens with zero attached hydrogens (tertiary/aromatic N) is 3. The molecule has 35 heavy (non-hydrogen) atoms. The Bertz CT molecular complexity index is 1340. The van der Waals surface area contributed by atoms with Crippen LogP contribution in [0.15, 0.2) is 52.3 Å². The molecular formula is C23H27ClFN3O5S2. The van der Waals surface area contributed by atoms with Crippen molar-refractivity contribution in [3.8, 4) is 0 Å². The fourth-order valence-electron chi connectivity index (χ4n) is 4.76. The molecule has 0 radical (unpaired) electrons. The molecule has 2 fully saturated rings. The summed E-state index contributed by atoms with van der Waals surface area (Å²) >= 11 is 5.85. The molecular weight excluding hydrogens is 517 g/mol. The second kappa shape index (κ2) is 9.78. The van der Waals surface area contributed by atoms with Crippen molar-refractivity contribution in [3.05, 3.63) is 58.9 Å². The van der Waals surface area contributed by atoms with E-state index in [2.05, 4.69) is 0 Å². The van der Waals surface area contributed by atoms with E-state index in [-0.39, 0.29) is 23.2 Å². The van der Waals surface area contributed by atoms with Crippen molar-refractivity contribution in [2.24, 2.45) is 0 Å².